The van der Waals surface area contributed by atoms with E-state index in [9.17, 15) is 7.77 Å². The van der Waals surface area contributed by atoms with Crippen LogP contribution in [0.5, 0.6) is 0 Å². The molecule has 0 saturated carbocycles. The van der Waals surface area contributed by atoms with Crippen LogP contribution in [0.1, 0.15) is 0 Å². The third-order valence-corrected chi connectivity index (χ3v) is 9.62. The first-order valence-electron chi connectivity index (χ1n) is 9.28. The van der Waals surface area contributed by atoms with E-state index < -0.39 is 17.9 Å². The molecule has 154 valence electrons. The van der Waals surface area contributed by atoms with Crippen molar-refractivity contribution >= 4 is 39.1 Å². The van der Waals surface area contributed by atoms with E-state index in [1.165, 1.54) is 21.2 Å². The summed E-state index contributed by atoms with van der Waals surface area (Å²) in [6, 6.07) is 44.0. The Bertz CT molecular complexity index is 984. The molecule has 0 heterocycles. The molecule has 0 atom stereocenters. The van der Waals surface area contributed by atoms with Crippen LogP contribution in [0.25, 0.3) is 0 Å². The molecule has 0 aliphatic heterocycles. The molecule has 4 rings (SSSR count). The zero-order chi connectivity index (χ0) is 21.5. The third kappa shape index (κ3) is 5.18. The molecule has 4 aromatic rings. The predicted octanol–water partition coefficient (Wildman–Crippen LogP) is 4.21. The quantitative estimate of drug-likeness (QED) is 0.351. The summed E-state index contributed by atoms with van der Waals surface area (Å²) in [5.74, 6) is 0. The molecule has 2 nitrogen and oxygen atoms in total. The second-order valence-electron chi connectivity index (χ2n) is 6.59. The van der Waals surface area contributed by atoms with Crippen LogP contribution >= 0.6 is 7.26 Å². The van der Waals surface area contributed by atoms with Gasteiger partial charge in [-0.1, -0.05) is 7.77 Å². The van der Waals surface area contributed by atoms with Crippen molar-refractivity contribution in [2.24, 2.45) is 0 Å². The van der Waals surface area contributed by atoms with Crippen LogP contribution in [0, 0.1) is 0 Å². The first-order valence-corrected chi connectivity index (χ1v) is 12.6. The molecule has 0 N–H and O–H groups in total. The SMILES string of the molecule is O=S(=O)(F)F.c1ccc([PH](c2ccccc2)(c2ccccc2)c2ccccc2)cc1. The van der Waals surface area contributed by atoms with Crippen LogP contribution < -0.4 is 21.2 Å². The van der Waals surface area contributed by atoms with Gasteiger partial charge in [0, 0.05) is 0 Å². The van der Waals surface area contributed by atoms with E-state index in [1.54, 1.807) is 0 Å². The number of hydrogen-bond donors (Lipinski definition) is 0. The van der Waals surface area contributed by atoms with Gasteiger partial charge in [-0.15, -0.1) is 0 Å². The molecule has 0 spiro atoms. The van der Waals surface area contributed by atoms with Crippen molar-refractivity contribution in [1.82, 2.24) is 0 Å². The van der Waals surface area contributed by atoms with Crippen molar-refractivity contribution in [1.29, 1.82) is 0 Å². The van der Waals surface area contributed by atoms with Gasteiger partial charge in [-0.05, 0) is 0 Å². The molecule has 0 aliphatic rings. The molecule has 0 unspecified atom stereocenters. The van der Waals surface area contributed by atoms with Crippen molar-refractivity contribution in [2.75, 3.05) is 0 Å². The molecular weight excluding hydrogens is 421 g/mol. The molecule has 0 aromatic heterocycles. The number of rotatable bonds is 4. The first kappa shape index (κ1) is 21.8. The third-order valence-electron chi connectivity index (χ3n) is 4.83. The Morgan fingerprint density at radius 3 is 0.767 bits per heavy atom. The fraction of sp³-hybridized carbons (Fsp3) is 0. The van der Waals surface area contributed by atoms with Gasteiger partial charge in [0.25, 0.3) is 0 Å². The van der Waals surface area contributed by atoms with E-state index in [0.29, 0.717) is 0 Å². The van der Waals surface area contributed by atoms with E-state index in [4.69, 9.17) is 8.42 Å². The van der Waals surface area contributed by atoms with Gasteiger partial charge in [-0.3, -0.25) is 0 Å². The summed E-state index contributed by atoms with van der Waals surface area (Å²) >= 11 is 0. The van der Waals surface area contributed by atoms with Crippen molar-refractivity contribution in [3.63, 3.8) is 0 Å². The normalized spacial score (nSPS) is 11.8. The zero-order valence-corrected chi connectivity index (χ0v) is 17.8. The average molecular weight is 442 g/mol. The Hall–Kier alpha value is -2.88. The monoisotopic (exact) mass is 442 g/mol. The standard InChI is InChI=1S/C24H21P.F2O2S/c1-5-13-21(14-6-1)25(22-15-7-2-8-16-22,23-17-9-3-10-18-23)24-19-11-4-12-20-24;1-5(2,3)4/h1-20,25H;. The minimum atomic E-state index is -5.67. The van der Waals surface area contributed by atoms with Gasteiger partial charge in [-0.2, -0.15) is 8.42 Å². The Morgan fingerprint density at radius 1 is 0.433 bits per heavy atom. The molecule has 4 aromatic carbocycles. The Morgan fingerprint density at radius 2 is 0.600 bits per heavy atom. The zero-order valence-electron chi connectivity index (χ0n) is 16.0. The Balaban J connectivity index is 0.000000461. The summed E-state index contributed by atoms with van der Waals surface area (Å²) in [6.07, 6.45) is 0. The summed E-state index contributed by atoms with van der Waals surface area (Å²) in [7, 11) is -7.97. The van der Waals surface area contributed by atoms with Gasteiger partial charge in [0.05, 0.1) is 0 Å². The van der Waals surface area contributed by atoms with Gasteiger partial charge in [0.15, 0.2) is 0 Å². The van der Waals surface area contributed by atoms with Crippen LogP contribution in [0.15, 0.2) is 121 Å². The van der Waals surface area contributed by atoms with E-state index >= 15 is 0 Å². The molecular formula is C24H21F2O2PS. The molecule has 0 bridgehead atoms. The summed E-state index contributed by atoms with van der Waals surface area (Å²) in [4.78, 5) is 0. The van der Waals surface area contributed by atoms with E-state index in [2.05, 4.69) is 121 Å². The summed E-state index contributed by atoms with van der Waals surface area (Å²) < 4.78 is 36.6. The summed E-state index contributed by atoms with van der Waals surface area (Å²) in [5, 5.41) is 5.66. The van der Waals surface area contributed by atoms with Crippen molar-refractivity contribution in [3.05, 3.63) is 121 Å². The van der Waals surface area contributed by atoms with Gasteiger partial charge in [0.2, 0.25) is 0 Å². The Kier molecular flexibility index (Phi) is 7.09. The molecule has 0 fully saturated rings. The minimum absolute atomic E-state index is 1.42. The summed E-state index contributed by atoms with van der Waals surface area (Å²) in [5.41, 5.74) is 0. The van der Waals surface area contributed by atoms with Gasteiger partial charge in [0.1, 0.15) is 0 Å². The molecule has 0 radical (unpaired) electrons. The number of halogens is 2. The van der Waals surface area contributed by atoms with Crippen LogP contribution in [-0.2, 0) is 10.6 Å². The molecule has 0 aliphatic carbocycles. The van der Waals surface area contributed by atoms with Crippen LogP contribution in [0.3, 0.4) is 0 Å². The Labute approximate surface area is 176 Å². The van der Waals surface area contributed by atoms with Crippen LogP contribution in [0.2, 0.25) is 0 Å². The van der Waals surface area contributed by atoms with Crippen LogP contribution in [0.4, 0.5) is 7.77 Å². The molecule has 0 amide bonds. The number of benzene rings is 4. The molecule has 6 heteroatoms. The molecule has 0 saturated heterocycles. The van der Waals surface area contributed by atoms with Gasteiger partial charge in [-0.25, -0.2) is 0 Å². The fourth-order valence-electron chi connectivity index (χ4n) is 3.75. The van der Waals surface area contributed by atoms with E-state index in [0.717, 1.165) is 0 Å². The van der Waals surface area contributed by atoms with E-state index in [1.807, 2.05) is 0 Å². The second-order valence-corrected chi connectivity index (χ2v) is 11.2. The topological polar surface area (TPSA) is 34.1 Å². The second kappa shape index (κ2) is 9.75. The van der Waals surface area contributed by atoms with Crippen molar-refractivity contribution < 1.29 is 16.2 Å². The summed E-state index contributed by atoms with van der Waals surface area (Å²) in [6.45, 7) is 0. The maximum absolute atomic E-state index is 9.99. The van der Waals surface area contributed by atoms with Gasteiger partial charge >= 0.3 is 160 Å². The maximum atomic E-state index is 9.99. The van der Waals surface area contributed by atoms with Crippen LogP contribution in [-0.4, -0.2) is 8.42 Å². The predicted molar refractivity (Wildman–Crippen MR) is 124 cm³/mol. The van der Waals surface area contributed by atoms with Crippen molar-refractivity contribution in [3.8, 4) is 0 Å². The van der Waals surface area contributed by atoms with E-state index in [-0.39, 0.29) is 0 Å². The van der Waals surface area contributed by atoms with Gasteiger partial charge < -0.3 is 0 Å². The van der Waals surface area contributed by atoms with Crippen molar-refractivity contribution in [2.45, 2.75) is 0 Å². The average Bonchev–Trinajstić information content (AvgIpc) is 2.76. The fourth-order valence-corrected chi connectivity index (χ4v) is 8.52. The molecule has 30 heavy (non-hydrogen) atoms. The first-order chi connectivity index (χ1) is 14.4. The number of hydrogen-bond acceptors (Lipinski definition) is 2.